The third-order valence-electron chi connectivity index (χ3n) is 3.82. The van der Waals surface area contributed by atoms with Gasteiger partial charge in [-0.25, -0.2) is 8.42 Å². The molecule has 0 bridgehead atoms. The summed E-state index contributed by atoms with van der Waals surface area (Å²) < 4.78 is 27.4. The summed E-state index contributed by atoms with van der Waals surface area (Å²) >= 11 is 5.92. The Kier molecular flexibility index (Phi) is 4.91. The van der Waals surface area contributed by atoms with Crippen molar-refractivity contribution in [3.05, 3.63) is 29.3 Å². The molecular weight excluding hydrogens is 314 g/mol. The molecule has 7 heteroatoms. The Bertz CT molecular complexity index is 622. The van der Waals surface area contributed by atoms with Crippen LogP contribution in [-0.2, 0) is 14.8 Å². The number of sulfonamides is 1. The molecule has 0 aromatic heterocycles. The average Bonchev–Trinajstić information content (AvgIpc) is 2.65. The highest BCUT2D eigenvalue weighted by atomic mass is 35.5. The lowest BCUT2D eigenvalue weighted by Crippen LogP contribution is -2.54. The first-order valence-corrected chi connectivity index (χ1v) is 8.75. The Labute approximate surface area is 129 Å². The van der Waals surface area contributed by atoms with Gasteiger partial charge in [-0.2, -0.15) is 4.72 Å². The Morgan fingerprint density at radius 2 is 1.71 bits per heavy atom. The van der Waals surface area contributed by atoms with Gasteiger partial charge >= 0.3 is 5.97 Å². The van der Waals surface area contributed by atoms with E-state index in [9.17, 15) is 18.3 Å². The van der Waals surface area contributed by atoms with Crippen molar-refractivity contribution < 1.29 is 18.3 Å². The van der Waals surface area contributed by atoms with Crippen molar-refractivity contribution in [1.82, 2.24) is 4.72 Å². The van der Waals surface area contributed by atoms with Crippen LogP contribution in [-0.4, -0.2) is 25.0 Å². The van der Waals surface area contributed by atoms with E-state index in [0.29, 0.717) is 25.7 Å². The van der Waals surface area contributed by atoms with E-state index in [-0.39, 0.29) is 9.92 Å². The third kappa shape index (κ3) is 3.56. The minimum atomic E-state index is -3.97. The van der Waals surface area contributed by atoms with Gasteiger partial charge in [0, 0.05) is 0 Å². The minimum Gasteiger partial charge on any atom is -0.480 e. The number of carboxylic acid groups (broad SMARTS) is 1. The Morgan fingerprint density at radius 1 is 1.14 bits per heavy atom. The number of rotatable bonds is 4. The molecule has 2 N–H and O–H groups in total. The molecule has 21 heavy (non-hydrogen) atoms. The van der Waals surface area contributed by atoms with Crippen LogP contribution in [0.1, 0.15) is 38.5 Å². The van der Waals surface area contributed by atoms with Crippen molar-refractivity contribution in [2.75, 3.05) is 0 Å². The zero-order valence-electron chi connectivity index (χ0n) is 11.5. The van der Waals surface area contributed by atoms with E-state index in [0.717, 1.165) is 12.8 Å². The van der Waals surface area contributed by atoms with Gasteiger partial charge < -0.3 is 5.11 Å². The molecular formula is C14H18ClNO4S. The number of carboxylic acids is 1. The fourth-order valence-corrected chi connectivity index (χ4v) is 4.61. The highest BCUT2D eigenvalue weighted by Gasteiger charge is 2.42. The summed E-state index contributed by atoms with van der Waals surface area (Å²) in [5.74, 6) is -1.12. The monoisotopic (exact) mass is 331 g/mol. The van der Waals surface area contributed by atoms with Gasteiger partial charge in [-0.1, -0.05) is 49.4 Å². The van der Waals surface area contributed by atoms with Gasteiger partial charge in [0.2, 0.25) is 10.0 Å². The molecule has 0 heterocycles. The summed E-state index contributed by atoms with van der Waals surface area (Å²) in [7, 11) is -3.97. The quantitative estimate of drug-likeness (QED) is 0.831. The zero-order chi connectivity index (χ0) is 15.5. The summed E-state index contributed by atoms with van der Waals surface area (Å²) in [4.78, 5) is 11.6. The van der Waals surface area contributed by atoms with Gasteiger partial charge in [0.15, 0.2) is 0 Å². The van der Waals surface area contributed by atoms with Gasteiger partial charge in [0.25, 0.3) is 0 Å². The maximum atomic E-state index is 12.5. The van der Waals surface area contributed by atoms with Gasteiger partial charge in [-0.05, 0) is 25.0 Å². The van der Waals surface area contributed by atoms with Crippen molar-refractivity contribution in [2.24, 2.45) is 0 Å². The topological polar surface area (TPSA) is 83.5 Å². The third-order valence-corrected chi connectivity index (χ3v) is 5.86. The van der Waals surface area contributed by atoms with E-state index in [4.69, 9.17) is 11.6 Å². The van der Waals surface area contributed by atoms with Crippen LogP contribution in [0.15, 0.2) is 29.2 Å². The van der Waals surface area contributed by atoms with Crippen LogP contribution in [0.2, 0.25) is 5.02 Å². The largest absolute Gasteiger partial charge is 0.480 e. The normalized spacial score (nSPS) is 18.9. The van der Waals surface area contributed by atoms with Gasteiger partial charge in [0.05, 0.1) is 5.02 Å². The number of hydrogen-bond donors (Lipinski definition) is 2. The van der Waals surface area contributed by atoms with Crippen molar-refractivity contribution in [3.63, 3.8) is 0 Å². The number of halogens is 1. The predicted octanol–water partition coefficient (Wildman–Crippen LogP) is 2.80. The molecule has 0 atom stereocenters. The van der Waals surface area contributed by atoms with Crippen molar-refractivity contribution in [1.29, 1.82) is 0 Å². The second kappa shape index (κ2) is 6.34. The molecule has 5 nitrogen and oxygen atoms in total. The van der Waals surface area contributed by atoms with Crippen LogP contribution in [0, 0.1) is 0 Å². The summed E-state index contributed by atoms with van der Waals surface area (Å²) in [6, 6.07) is 6.02. The van der Waals surface area contributed by atoms with E-state index < -0.39 is 21.5 Å². The number of aliphatic carboxylic acids is 1. The summed E-state index contributed by atoms with van der Waals surface area (Å²) in [6.45, 7) is 0. The molecule has 2 rings (SSSR count). The molecule has 0 aliphatic heterocycles. The van der Waals surface area contributed by atoms with Crippen molar-refractivity contribution in [2.45, 2.75) is 49.0 Å². The van der Waals surface area contributed by atoms with Crippen LogP contribution in [0.4, 0.5) is 0 Å². The molecule has 0 spiro atoms. The fourth-order valence-electron chi connectivity index (χ4n) is 2.67. The van der Waals surface area contributed by atoms with Crippen LogP contribution in [0.5, 0.6) is 0 Å². The van der Waals surface area contributed by atoms with E-state index in [1.54, 1.807) is 12.1 Å². The number of benzene rings is 1. The van der Waals surface area contributed by atoms with E-state index in [1.807, 2.05) is 0 Å². The minimum absolute atomic E-state index is 0.0826. The molecule has 1 aromatic carbocycles. The smallest absolute Gasteiger partial charge is 0.324 e. The fraction of sp³-hybridized carbons (Fsp3) is 0.500. The van der Waals surface area contributed by atoms with Crippen LogP contribution in [0.3, 0.4) is 0 Å². The maximum Gasteiger partial charge on any atom is 0.324 e. The highest BCUT2D eigenvalue weighted by Crippen LogP contribution is 2.30. The second-order valence-electron chi connectivity index (χ2n) is 5.34. The molecule has 1 saturated carbocycles. The number of hydrogen-bond acceptors (Lipinski definition) is 3. The average molecular weight is 332 g/mol. The molecule has 1 aliphatic rings. The van der Waals surface area contributed by atoms with Crippen LogP contribution < -0.4 is 4.72 Å². The van der Waals surface area contributed by atoms with E-state index in [2.05, 4.69) is 4.72 Å². The highest BCUT2D eigenvalue weighted by molar-refractivity contribution is 7.89. The van der Waals surface area contributed by atoms with E-state index in [1.165, 1.54) is 12.1 Å². The molecule has 116 valence electrons. The molecule has 1 aliphatic carbocycles. The molecule has 0 unspecified atom stereocenters. The predicted molar refractivity (Wildman–Crippen MR) is 79.8 cm³/mol. The Hall–Kier alpha value is -1.11. The van der Waals surface area contributed by atoms with Crippen molar-refractivity contribution in [3.8, 4) is 0 Å². The number of nitrogens with one attached hydrogen (secondary N) is 1. The first kappa shape index (κ1) is 16.3. The number of carbonyl (C=O) groups is 1. The Morgan fingerprint density at radius 3 is 2.24 bits per heavy atom. The lowest BCUT2D eigenvalue weighted by atomic mass is 9.92. The zero-order valence-corrected chi connectivity index (χ0v) is 13.1. The SMILES string of the molecule is O=C(O)C1(NS(=O)(=O)c2ccccc2Cl)CCCCCC1. The van der Waals surface area contributed by atoms with E-state index >= 15 is 0 Å². The lowest BCUT2D eigenvalue weighted by Gasteiger charge is -2.29. The van der Waals surface area contributed by atoms with Gasteiger partial charge in [-0.15, -0.1) is 0 Å². The molecule has 1 aromatic rings. The molecule has 1 fully saturated rings. The first-order chi connectivity index (χ1) is 9.87. The van der Waals surface area contributed by atoms with Crippen LogP contribution >= 0.6 is 11.6 Å². The molecule has 0 amide bonds. The Balaban J connectivity index is 2.36. The maximum absolute atomic E-state index is 12.5. The first-order valence-electron chi connectivity index (χ1n) is 6.89. The molecule has 0 saturated heterocycles. The van der Waals surface area contributed by atoms with Gasteiger partial charge in [0.1, 0.15) is 10.4 Å². The lowest BCUT2D eigenvalue weighted by molar-refractivity contribution is -0.144. The summed E-state index contributed by atoms with van der Waals surface area (Å²) in [6.07, 6.45) is 3.82. The van der Waals surface area contributed by atoms with Crippen molar-refractivity contribution >= 4 is 27.6 Å². The second-order valence-corrected chi connectivity index (χ2v) is 7.40. The van der Waals surface area contributed by atoms with Crippen LogP contribution in [0.25, 0.3) is 0 Å². The molecule has 0 radical (unpaired) electrons. The summed E-state index contributed by atoms with van der Waals surface area (Å²) in [5, 5.41) is 9.62. The standard InChI is InChI=1S/C14H18ClNO4S/c15-11-7-3-4-8-12(11)21(19,20)16-14(13(17)18)9-5-1-2-6-10-14/h3-4,7-8,16H,1-2,5-6,9-10H2,(H,17,18). The summed E-state index contributed by atoms with van der Waals surface area (Å²) in [5.41, 5.74) is -1.44. The van der Waals surface area contributed by atoms with Gasteiger partial charge in [-0.3, -0.25) is 4.79 Å².